The molecule has 122 valence electrons. The summed E-state index contributed by atoms with van der Waals surface area (Å²) in [5.74, 6) is 1.61. The number of hydrogen-bond donors (Lipinski definition) is 1. The summed E-state index contributed by atoms with van der Waals surface area (Å²) in [6, 6.07) is 8.07. The fourth-order valence-corrected chi connectivity index (χ4v) is 3.16. The Morgan fingerprint density at radius 2 is 2.09 bits per heavy atom. The van der Waals surface area contributed by atoms with Crippen molar-refractivity contribution in [3.05, 3.63) is 29.8 Å². The predicted molar refractivity (Wildman–Crippen MR) is 89.0 cm³/mol. The molecule has 1 aliphatic rings. The summed E-state index contributed by atoms with van der Waals surface area (Å²) in [5, 5.41) is 3.40. The normalized spacial score (nSPS) is 18.5. The summed E-state index contributed by atoms with van der Waals surface area (Å²) in [7, 11) is 1.69. The largest absolute Gasteiger partial charge is 0.496 e. The molecule has 1 atom stereocenters. The van der Waals surface area contributed by atoms with Gasteiger partial charge in [0.15, 0.2) is 0 Å². The summed E-state index contributed by atoms with van der Waals surface area (Å²) >= 11 is 0. The van der Waals surface area contributed by atoms with Crippen molar-refractivity contribution in [3.63, 3.8) is 0 Å². The second-order valence-corrected chi connectivity index (χ2v) is 5.94. The van der Waals surface area contributed by atoms with Crippen molar-refractivity contribution in [2.75, 3.05) is 26.7 Å². The summed E-state index contributed by atoms with van der Waals surface area (Å²) in [6.45, 7) is 6.74. The van der Waals surface area contributed by atoms with Crippen molar-refractivity contribution in [3.8, 4) is 5.75 Å². The Labute approximate surface area is 133 Å². The van der Waals surface area contributed by atoms with Crippen LogP contribution in [0.3, 0.4) is 0 Å². The first kappa shape index (κ1) is 16.8. The summed E-state index contributed by atoms with van der Waals surface area (Å²) in [6.07, 6.45) is 2.78. The zero-order valence-electron chi connectivity index (χ0n) is 14.0. The number of para-hydroxylation sites is 1. The van der Waals surface area contributed by atoms with Crippen LogP contribution in [0.2, 0.25) is 0 Å². The van der Waals surface area contributed by atoms with E-state index in [1.54, 1.807) is 7.11 Å². The molecule has 0 bridgehead atoms. The molecule has 1 N–H and O–H groups in total. The molecule has 1 unspecified atom stereocenters. The first-order valence-electron chi connectivity index (χ1n) is 8.34. The molecular formula is C18H28N2O2. The second kappa shape index (κ2) is 8.18. The average molecular weight is 304 g/mol. The van der Waals surface area contributed by atoms with E-state index in [-0.39, 0.29) is 11.9 Å². The van der Waals surface area contributed by atoms with Gasteiger partial charge < -0.3 is 15.0 Å². The topological polar surface area (TPSA) is 41.6 Å². The van der Waals surface area contributed by atoms with Crippen molar-refractivity contribution < 1.29 is 9.53 Å². The zero-order valence-corrected chi connectivity index (χ0v) is 14.0. The van der Waals surface area contributed by atoms with Gasteiger partial charge in [-0.25, -0.2) is 0 Å². The highest BCUT2D eigenvalue weighted by Gasteiger charge is 2.30. The second-order valence-electron chi connectivity index (χ2n) is 5.94. The Morgan fingerprint density at radius 3 is 2.77 bits per heavy atom. The van der Waals surface area contributed by atoms with Crippen molar-refractivity contribution >= 4 is 5.91 Å². The molecule has 0 aliphatic carbocycles. The molecule has 0 aromatic heterocycles. The van der Waals surface area contributed by atoms with Gasteiger partial charge in [-0.1, -0.05) is 44.9 Å². The molecule has 0 spiro atoms. The number of amides is 1. The molecule has 1 amide bonds. The molecule has 1 saturated heterocycles. The average Bonchev–Trinajstić information content (AvgIpc) is 2.59. The van der Waals surface area contributed by atoms with E-state index < -0.39 is 0 Å². The molecule has 22 heavy (non-hydrogen) atoms. The zero-order chi connectivity index (χ0) is 15.9. The highest BCUT2D eigenvalue weighted by Crippen LogP contribution is 2.31. The van der Waals surface area contributed by atoms with Gasteiger partial charge in [0, 0.05) is 31.6 Å². The number of carbonyl (C=O) groups is 1. The molecule has 1 aromatic rings. The van der Waals surface area contributed by atoms with Gasteiger partial charge in [-0.05, 0) is 12.0 Å². The lowest BCUT2D eigenvalue weighted by atomic mass is 9.96. The fourth-order valence-electron chi connectivity index (χ4n) is 3.16. The van der Waals surface area contributed by atoms with Crippen LogP contribution in [0.4, 0.5) is 0 Å². The van der Waals surface area contributed by atoms with E-state index in [4.69, 9.17) is 4.74 Å². The molecule has 4 heteroatoms. The number of ether oxygens (including phenoxy) is 1. The minimum Gasteiger partial charge on any atom is -0.496 e. The number of carbonyl (C=O) groups excluding carboxylic acids is 1. The van der Waals surface area contributed by atoms with Crippen LogP contribution in [0.15, 0.2) is 24.3 Å². The number of methoxy groups -OCH3 is 1. The van der Waals surface area contributed by atoms with Crippen LogP contribution < -0.4 is 10.1 Å². The molecule has 4 nitrogen and oxygen atoms in total. The van der Waals surface area contributed by atoms with E-state index >= 15 is 0 Å². The predicted octanol–water partition coefficient (Wildman–Crippen LogP) is 2.99. The molecular weight excluding hydrogens is 276 g/mol. The number of nitrogens with one attached hydrogen (secondary N) is 1. The van der Waals surface area contributed by atoms with E-state index in [1.807, 2.05) is 23.1 Å². The monoisotopic (exact) mass is 304 g/mol. The Kier molecular flexibility index (Phi) is 6.25. The van der Waals surface area contributed by atoms with Crippen LogP contribution >= 0.6 is 0 Å². The lowest BCUT2D eigenvalue weighted by Gasteiger charge is -2.37. The van der Waals surface area contributed by atoms with Crippen molar-refractivity contribution in [2.24, 2.45) is 5.92 Å². The summed E-state index contributed by atoms with van der Waals surface area (Å²) < 4.78 is 5.48. The third-order valence-electron chi connectivity index (χ3n) is 4.68. The summed E-state index contributed by atoms with van der Waals surface area (Å²) in [5.41, 5.74) is 1.09. The molecule has 1 aliphatic heterocycles. The minimum atomic E-state index is 0.0618. The Bertz CT molecular complexity index is 486. The number of benzene rings is 1. The highest BCUT2D eigenvalue weighted by atomic mass is 16.5. The van der Waals surface area contributed by atoms with Gasteiger partial charge in [-0.15, -0.1) is 0 Å². The Balaban J connectivity index is 2.19. The van der Waals surface area contributed by atoms with Crippen LogP contribution in [0.25, 0.3) is 0 Å². The first-order chi connectivity index (χ1) is 10.7. The van der Waals surface area contributed by atoms with E-state index in [9.17, 15) is 4.79 Å². The number of nitrogens with zero attached hydrogens (tertiary/aromatic N) is 1. The minimum absolute atomic E-state index is 0.0618. The van der Waals surface area contributed by atoms with Gasteiger partial charge >= 0.3 is 0 Å². The van der Waals surface area contributed by atoms with Gasteiger partial charge in [0.05, 0.1) is 13.2 Å². The standard InChI is InChI=1S/C18H28N2O2/c1-4-14(5-2)12-18(21)20-11-10-19-13-16(20)15-8-6-7-9-17(15)22-3/h6-9,14,16,19H,4-5,10-13H2,1-3H3. The fraction of sp³-hybridized carbons (Fsp3) is 0.611. The Morgan fingerprint density at radius 1 is 1.36 bits per heavy atom. The molecule has 1 aromatic carbocycles. The van der Waals surface area contributed by atoms with E-state index in [0.29, 0.717) is 12.3 Å². The van der Waals surface area contributed by atoms with Gasteiger partial charge in [-0.3, -0.25) is 4.79 Å². The van der Waals surface area contributed by atoms with Crippen LogP contribution in [0.5, 0.6) is 5.75 Å². The van der Waals surface area contributed by atoms with Crippen LogP contribution in [0.1, 0.15) is 44.7 Å². The molecule has 0 saturated carbocycles. The van der Waals surface area contributed by atoms with E-state index in [1.165, 1.54) is 0 Å². The van der Waals surface area contributed by atoms with Crippen molar-refractivity contribution in [1.29, 1.82) is 0 Å². The maximum atomic E-state index is 12.8. The van der Waals surface area contributed by atoms with Gasteiger partial charge in [0.25, 0.3) is 0 Å². The van der Waals surface area contributed by atoms with Crippen LogP contribution in [0, 0.1) is 5.92 Å². The van der Waals surface area contributed by atoms with Gasteiger partial charge in [0.2, 0.25) is 5.91 Å². The first-order valence-corrected chi connectivity index (χ1v) is 8.34. The van der Waals surface area contributed by atoms with E-state index in [0.717, 1.165) is 43.8 Å². The molecule has 1 heterocycles. The number of piperazine rings is 1. The summed E-state index contributed by atoms with van der Waals surface area (Å²) in [4.78, 5) is 14.8. The van der Waals surface area contributed by atoms with Crippen LogP contribution in [-0.4, -0.2) is 37.6 Å². The molecule has 2 rings (SSSR count). The van der Waals surface area contributed by atoms with Crippen molar-refractivity contribution in [2.45, 2.75) is 39.2 Å². The van der Waals surface area contributed by atoms with Gasteiger partial charge in [-0.2, -0.15) is 0 Å². The SMILES string of the molecule is CCC(CC)CC(=O)N1CCNCC1c1ccccc1OC. The lowest BCUT2D eigenvalue weighted by Crippen LogP contribution is -2.49. The number of rotatable bonds is 6. The number of hydrogen-bond acceptors (Lipinski definition) is 3. The Hall–Kier alpha value is -1.55. The third-order valence-corrected chi connectivity index (χ3v) is 4.68. The smallest absolute Gasteiger partial charge is 0.223 e. The van der Waals surface area contributed by atoms with Crippen LogP contribution in [-0.2, 0) is 4.79 Å². The highest BCUT2D eigenvalue weighted by molar-refractivity contribution is 5.77. The van der Waals surface area contributed by atoms with E-state index in [2.05, 4.69) is 25.2 Å². The molecule has 0 radical (unpaired) electrons. The van der Waals surface area contributed by atoms with Gasteiger partial charge in [0.1, 0.15) is 5.75 Å². The maximum absolute atomic E-state index is 12.8. The van der Waals surface area contributed by atoms with Crippen molar-refractivity contribution in [1.82, 2.24) is 10.2 Å². The maximum Gasteiger partial charge on any atom is 0.223 e. The molecule has 1 fully saturated rings. The lowest BCUT2D eigenvalue weighted by molar-refractivity contribution is -0.135. The quantitative estimate of drug-likeness (QED) is 0.878. The third kappa shape index (κ3) is 3.80.